The Bertz CT molecular complexity index is 818. The zero-order chi connectivity index (χ0) is 20.6. The number of hydrogen-bond donors (Lipinski definition) is 1. The fourth-order valence-corrected chi connectivity index (χ4v) is 3.03. The van der Waals surface area contributed by atoms with Crippen LogP contribution in [0.5, 0.6) is 0 Å². The molecule has 1 aliphatic heterocycles. The highest BCUT2D eigenvalue weighted by Gasteiger charge is 2.18. The SMILES string of the molecule is C[C@@H](OC(=O)CCc1ccc(F)cc1)C(=O)Nc1ccc(N2CCOCC2)cc1. The lowest BCUT2D eigenvalue weighted by Crippen LogP contribution is -2.36. The molecule has 29 heavy (non-hydrogen) atoms. The van der Waals surface area contributed by atoms with Crippen molar-refractivity contribution in [2.75, 3.05) is 36.5 Å². The van der Waals surface area contributed by atoms with Gasteiger partial charge in [0, 0.05) is 30.9 Å². The molecule has 6 nitrogen and oxygen atoms in total. The first kappa shape index (κ1) is 20.8. The van der Waals surface area contributed by atoms with Gasteiger partial charge in [0.15, 0.2) is 6.10 Å². The van der Waals surface area contributed by atoms with Crippen molar-refractivity contribution < 1.29 is 23.5 Å². The molecule has 0 aromatic heterocycles. The Morgan fingerprint density at radius 1 is 1.10 bits per heavy atom. The Morgan fingerprint density at radius 2 is 1.76 bits per heavy atom. The highest BCUT2D eigenvalue weighted by Crippen LogP contribution is 2.19. The van der Waals surface area contributed by atoms with Gasteiger partial charge in [0.05, 0.1) is 13.2 Å². The number of nitrogens with zero attached hydrogens (tertiary/aromatic N) is 1. The molecule has 0 aliphatic carbocycles. The maximum atomic E-state index is 12.9. The number of anilines is 2. The van der Waals surface area contributed by atoms with Gasteiger partial charge in [-0.15, -0.1) is 0 Å². The zero-order valence-corrected chi connectivity index (χ0v) is 16.4. The summed E-state index contributed by atoms with van der Waals surface area (Å²) in [4.78, 5) is 26.5. The summed E-state index contributed by atoms with van der Waals surface area (Å²) in [5, 5.41) is 2.76. The standard InChI is InChI=1S/C22H25FN2O4/c1-16(29-21(26)11-4-17-2-5-18(23)6-3-17)22(27)24-19-7-9-20(10-8-19)25-12-14-28-15-13-25/h2-3,5-10,16H,4,11-15H2,1H3,(H,24,27)/t16-/m1/s1. The summed E-state index contributed by atoms with van der Waals surface area (Å²) in [6.07, 6.45) is -0.358. The molecular weight excluding hydrogens is 375 g/mol. The van der Waals surface area contributed by atoms with Crippen LogP contribution >= 0.6 is 0 Å². The molecule has 1 saturated heterocycles. The second kappa shape index (κ2) is 10.0. The average molecular weight is 400 g/mol. The minimum atomic E-state index is -0.908. The molecule has 7 heteroatoms. The highest BCUT2D eigenvalue weighted by atomic mass is 19.1. The van der Waals surface area contributed by atoms with Gasteiger partial charge in [-0.25, -0.2) is 4.39 Å². The molecule has 0 unspecified atom stereocenters. The third kappa shape index (κ3) is 6.29. The van der Waals surface area contributed by atoms with Crippen molar-refractivity contribution in [2.45, 2.75) is 25.9 Å². The van der Waals surface area contributed by atoms with Crippen LogP contribution in [0.1, 0.15) is 18.9 Å². The van der Waals surface area contributed by atoms with E-state index in [4.69, 9.17) is 9.47 Å². The number of amides is 1. The van der Waals surface area contributed by atoms with E-state index < -0.39 is 12.1 Å². The van der Waals surface area contributed by atoms with E-state index in [0.29, 0.717) is 25.3 Å². The molecule has 3 rings (SSSR count). The molecule has 0 radical (unpaired) electrons. The summed E-state index contributed by atoms with van der Waals surface area (Å²) in [5.41, 5.74) is 2.55. The molecule has 1 fully saturated rings. The summed E-state index contributed by atoms with van der Waals surface area (Å²) < 4.78 is 23.4. The molecule has 1 atom stereocenters. The van der Waals surface area contributed by atoms with Crippen LogP contribution in [0.15, 0.2) is 48.5 Å². The van der Waals surface area contributed by atoms with Gasteiger partial charge in [-0.1, -0.05) is 12.1 Å². The third-order valence-electron chi connectivity index (χ3n) is 4.72. The van der Waals surface area contributed by atoms with Crippen molar-refractivity contribution >= 4 is 23.3 Å². The van der Waals surface area contributed by atoms with Gasteiger partial charge in [0.1, 0.15) is 5.82 Å². The minimum absolute atomic E-state index is 0.123. The predicted octanol–water partition coefficient (Wildman–Crippen LogP) is 3.17. The second-order valence-corrected chi connectivity index (χ2v) is 6.89. The van der Waals surface area contributed by atoms with E-state index in [1.807, 2.05) is 24.3 Å². The van der Waals surface area contributed by atoms with Gasteiger partial charge in [-0.05, 0) is 55.3 Å². The van der Waals surface area contributed by atoms with Crippen molar-refractivity contribution in [3.63, 3.8) is 0 Å². The van der Waals surface area contributed by atoms with E-state index >= 15 is 0 Å². The monoisotopic (exact) mass is 400 g/mol. The van der Waals surface area contributed by atoms with Crippen molar-refractivity contribution in [2.24, 2.45) is 0 Å². The van der Waals surface area contributed by atoms with Gasteiger partial charge in [0.25, 0.3) is 5.91 Å². The van der Waals surface area contributed by atoms with Crippen molar-refractivity contribution in [3.8, 4) is 0 Å². The molecule has 0 spiro atoms. The summed E-state index contributed by atoms with van der Waals surface area (Å²) in [5.74, 6) is -1.18. The summed E-state index contributed by atoms with van der Waals surface area (Å²) in [6.45, 7) is 4.64. The largest absolute Gasteiger partial charge is 0.453 e. The number of halogens is 1. The average Bonchev–Trinajstić information content (AvgIpc) is 2.74. The third-order valence-corrected chi connectivity index (χ3v) is 4.72. The van der Waals surface area contributed by atoms with E-state index in [2.05, 4.69) is 10.2 Å². The Kier molecular flexibility index (Phi) is 7.19. The fourth-order valence-electron chi connectivity index (χ4n) is 3.03. The maximum absolute atomic E-state index is 12.9. The number of esters is 1. The van der Waals surface area contributed by atoms with Crippen molar-refractivity contribution in [1.82, 2.24) is 0 Å². The number of carbonyl (C=O) groups is 2. The molecule has 2 aromatic carbocycles. The maximum Gasteiger partial charge on any atom is 0.306 e. The van der Waals surface area contributed by atoms with E-state index in [-0.39, 0.29) is 18.1 Å². The lowest BCUT2D eigenvalue weighted by atomic mass is 10.1. The van der Waals surface area contributed by atoms with Gasteiger partial charge >= 0.3 is 5.97 Å². The van der Waals surface area contributed by atoms with Crippen LogP contribution in [0.2, 0.25) is 0 Å². The number of nitrogens with one attached hydrogen (secondary N) is 1. The first-order valence-corrected chi connectivity index (χ1v) is 9.69. The number of aryl methyl sites for hydroxylation is 1. The minimum Gasteiger partial charge on any atom is -0.453 e. The van der Waals surface area contributed by atoms with Crippen LogP contribution in [-0.4, -0.2) is 44.3 Å². The van der Waals surface area contributed by atoms with Crippen LogP contribution in [-0.2, 0) is 25.5 Å². The normalized spacial score (nSPS) is 14.9. The van der Waals surface area contributed by atoms with Gasteiger partial charge in [-0.3, -0.25) is 9.59 Å². The topological polar surface area (TPSA) is 67.9 Å². The van der Waals surface area contributed by atoms with Gasteiger partial charge in [-0.2, -0.15) is 0 Å². The van der Waals surface area contributed by atoms with E-state index in [1.165, 1.54) is 19.1 Å². The molecule has 1 amide bonds. The first-order chi connectivity index (χ1) is 14.0. The number of rotatable bonds is 7. The lowest BCUT2D eigenvalue weighted by Gasteiger charge is -2.28. The van der Waals surface area contributed by atoms with E-state index in [0.717, 1.165) is 24.3 Å². The van der Waals surface area contributed by atoms with Crippen LogP contribution in [0, 0.1) is 5.82 Å². The van der Waals surface area contributed by atoms with Crippen molar-refractivity contribution in [3.05, 3.63) is 59.9 Å². The Morgan fingerprint density at radius 3 is 2.41 bits per heavy atom. The summed E-state index contributed by atoms with van der Waals surface area (Å²) in [6, 6.07) is 13.5. The molecule has 0 saturated carbocycles. The molecule has 1 aliphatic rings. The Labute approximate surface area is 169 Å². The molecule has 1 N–H and O–H groups in total. The molecule has 2 aromatic rings. The predicted molar refractivity (Wildman–Crippen MR) is 108 cm³/mol. The zero-order valence-electron chi connectivity index (χ0n) is 16.4. The highest BCUT2D eigenvalue weighted by molar-refractivity contribution is 5.95. The number of morpholine rings is 1. The van der Waals surface area contributed by atoms with E-state index in [9.17, 15) is 14.0 Å². The Balaban J connectivity index is 1.44. The Hall–Kier alpha value is -2.93. The van der Waals surface area contributed by atoms with Gasteiger partial charge < -0.3 is 19.7 Å². The van der Waals surface area contributed by atoms with Crippen LogP contribution in [0.25, 0.3) is 0 Å². The quantitative estimate of drug-likeness (QED) is 0.723. The lowest BCUT2D eigenvalue weighted by molar-refractivity contribution is -0.153. The number of benzene rings is 2. The fraction of sp³-hybridized carbons (Fsp3) is 0.364. The summed E-state index contributed by atoms with van der Waals surface area (Å²) in [7, 11) is 0. The smallest absolute Gasteiger partial charge is 0.306 e. The van der Waals surface area contributed by atoms with Crippen molar-refractivity contribution in [1.29, 1.82) is 0 Å². The molecule has 154 valence electrons. The number of hydrogen-bond acceptors (Lipinski definition) is 5. The van der Waals surface area contributed by atoms with Crippen LogP contribution < -0.4 is 10.2 Å². The first-order valence-electron chi connectivity index (χ1n) is 9.69. The van der Waals surface area contributed by atoms with Gasteiger partial charge in [0.2, 0.25) is 0 Å². The second-order valence-electron chi connectivity index (χ2n) is 6.89. The van der Waals surface area contributed by atoms with E-state index in [1.54, 1.807) is 12.1 Å². The number of carbonyl (C=O) groups excluding carboxylic acids is 2. The molecule has 1 heterocycles. The molecule has 0 bridgehead atoms. The number of ether oxygens (including phenoxy) is 2. The summed E-state index contributed by atoms with van der Waals surface area (Å²) >= 11 is 0. The molecular formula is C22H25FN2O4. The van der Waals surface area contributed by atoms with Crippen LogP contribution in [0.3, 0.4) is 0 Å². The van der Waals surface area contributed by atoms with Crippen LogP contribution in [0.4, 0.5) is 15.8 Å².